The molecule has 0 bridgehead atoms. The number of nitrogens with zero attached hydrogens (tertiary/aromatic N) is 3. The topological polar surface area (TPSA) is 74.8 Å². The molecule has 0 aliphatic carbocycles. The second kappa shape index (κ2) is 8.41. The Balaban J connectivity index is 0.00000208. The second-order valence-electron chi connectivity index (χ2n) is 5.84. The van der Waals surface area contributed by atoms with Crippen LogP contribution in [0.1, 0.15) is 17.4 Å². The monoisotopic (exact) mass is 354 g/mol. The number of halogens is 1. The zero-order chi connectivity index (χ0) is 16.2. The Morgan fingerprint density at radius 3 is 2.54 bits per heavy atom. The Hall–Kier alpha value is -1.70. The summed E-state index contributed by atoms with van der Waals surface area (Å²) in [6, 6.07) is 5.01. The molecule has 7 nitrogen and oxygen atoms in total. The highest BCUT2D eigenvalue weighted by Gasteiger charge is 2.34. The van der Waals surface area contributed by atoms with E-state index in [1.807, 2.05) is 11.8 Å². The fourth-order valence-corrected chi connectivity index (χ4v) is 2.99. The zero-order valence-electron chi connectivity index (χ0n) is 13.7. The lowest BCUT2D eigenvalue weighted by molar-refractivity contribution is -0.140. The van der Waals surface area contributed by atoms with Crippen LogP contribution in [-0.2, 0) is 9.53 Å². The minimum Gasteiger partial charge on any atom is -0.375 e. The van der Waals surface area contributed by atoms with E-state index in [0.29, 0.717) is 45.0 Å². The van der Waals surface area contributed by atoms with Crippen molar-refractivity contribution >= 4 is 24.2 Å². The summed E-state index contributed by atoms with van der Waals surface area (Å²) in [4.78, 5) is 32.6. The van der Waals surface area contributed by atoms with Gasteiger partial charge in [0.05, 0.1) is 12.7 Å². The molecule has 2 fully saturated rings. The first-order valence-electron chi connectivity index (χ1n) is 8.01. The Morgan fingerprint density at radius 2 is 1.92 bits per heavy atom. The van der Waals surface area contributed by atoms with Crippen molar-refractivity contribution in [1.82, 2.24) is 20.1 Å². The third kappa shape index (κ3) is 4.03. The van der Waals surface area contributed by atoms with Crippen molar-refractivity contribution < 1.29 is 14.3 Å². The first-order valence-corrected chi connectivity index (χ1v) is 8.01. The van der Waals surface area contributed by atoms with Gasteiger partial charge in [0.2, 0.25) is 5.91 Å². The van der Waals surface area contributed by atoms with Crippen molar-refractivity contribution in [3.05, 3.63) is 30.1 Å². The molecule has 2 saturated heterocycles. The molecule has 2 aliphatic heterocycles. The maximum Gasteiger partial charge on any atom is 0.272 e. The predicted molar refractivity (Wildman–Crippen MR) is 91.2 cm³/mol. The van der Waals surface area contributed by atoms with E-state index < -0.39 is 0 Å². The van der Waals surface area contributed by atoms with E-state index in [9.17, 15) is 9.59 Å². The predicted octanol–water partition coefficient (Wildman–Crippen LogP) is 0.165. The number of carbonyl (C=O) groups excluding carboxylic acids is 2. The maximum atomic E-state index is 12.6. The number of aromatic nitrogens is 1. The van der Waals surface area contributed by atoms with Gasteiger partial charge in [0.15, 0.2) is 0 Å². The van der Waals surface area contributed by atoms with Gasteiger partial charge in [-0.2, -0.15) is 0 Å². The summed E-state index contributed by atoms with van der Waals surface area (Å²) < 4.78 is 5.54. The number of hydrogen-bond acceptors (Lipinski definition) is 5. The minimum atomic E-state index is -0.290. The molecule has 132 valence electrons. The molecule has 24 heavy (non-hydrogen) atoms. The molecule has 1 aromatic heterocycles. The van der Waals surface area contributed by atoms with Gasteiger partial charge in [-0.3, -0.25) is 14.6 Å². The van der Waals surface area contributed by atoms with Gasteiger partial charge < -0.3 is 19.9 Å². The highest BCUT2D eigenvalue weighted by atomic mass is 35.5. The van der Waals surface area contributed by atoms with E-state index in [0.717, 1.165) is 0 Å². The molecule has 8 heteroatoms. The van der Waals surface area contributed by atoms with Crippen molar-refractivity contribution in [3.63, 3.8) is 0 Å². The molecule has 0 spiro atoms. The molecule has 1 aromatic rings. The highest BCUT2D eigenvalue weighted by Crippen LogP contribution is 2.12. The van der Waals surface area contributed by atoms with E-state index in [1.165, 1.54) is 0 Å². The molecule has 0 radical (unpaired) electrons. The first-order chi connectivity index (χ1) is 11.2. The summed E-state index contributed by atoms with van der Waals surface area (Å²) in [5.41, 5.74) is 0.447. The van der Waals surface area contributed by atoms with Gasteiger partial charge in [0.25, 0.3) is 5.91 Å². The number of morpholine rings is 1. The quantitative estimate of drug-likeness (QED) is 0.819. The summed E-state index contributed by atoms with van der Waals surface area (Å²) in [6.45, 7) is 5.39. The molecule has 2 amide bonds. The molecule has 0 unspecified atom stereocenters. The van der Waals surface area contributed by atoms with Gasteiger partial charge in [0.1, 0.15) is 11.7 Å². The van der Waals surface area contributed by atoms with Gasteiger partial charge >= 0.3 is 0 Å². The molecule has 2 atom stereocenters. The Bertz CT molecular complexity index is 564. The van der Waals surface area contributed by atoms with Crippen LogP contribution >= 0.6 is 12.4 Å². The molecule has 3 heterocycles. The molecule has 0 saturated carbocycles. The fraction of sp³-hybridized carbons (Fsp3) is 0.562. The zero-order valence-corrected chi connectivity index (χ0v) is 14.5. The van der Waals surface area contributed by atoms with Crippen LogP contribution in [0.3, 0.4) is 0 Å². The van der Waals surface area contributed by atoms with E-state index in [-0.39, 0.29) is 36.4 Å². The molecular formula is C16H23ClN4O3. The normalized spacial score (nSPS) is 24.2. The molecule has 2 aliphatic rings. The first kappa shape index (κ1) is 18.6. The summed E-state index contributed by atoms with van der Waals surface area (Å²) in [5.74, 6) is -0.0210. The van der Waals surface area contributed by atoms with Crippen molar-refractivity contribution in [2.24, 2.45) is 0 Å². The lowest BCUT2D eigenvalue weighted by Gasteiger charge is -2.38. The third-order valence-corrected chi connectivity index (χ3v) is 4.35. The van der Waals surface area contributed by atoms with Crippen LogP contribution in [0.2, 0.25) is 0 Å². The standard InChI is InChI=1S/C16H22N4O3.ClH/c1-12-14(18-6-11-23-12)16(22)20-9-7-19(8-10-20)15(21)13-4-2-3-5-17-13;/h2-5,12,14,18H,6-11H2,1H3;1H/t12-,14+;/m1./s1. The van der Waals surface area contributed by atoms with E-state index >= 15 is 0 Å². The summed E-state index contributed by atoms with van der Waals surface area (Å²) in [5, 5.41) is 3.22. The molecule has 3 rings (SSSR count). The fourth-order valence-electron chi connectivity index (χ4n) is 2.99. The van der Waals surface area contributed by atoms with Crippen molar-refractivity contribution in [1.29, 1.82) is 0 Å². The number of nitrogens with one attached hydrogen (secondary N) is 1. The van der Waals surface area contributed by atoms with Gasteiger partial charge in [-0.1, -0.05) is 6.07 Å². The Morgan fingerprint density at radius 1 is 1.21 bits per heavy atom. The number of carbonyl (C=O) groups is 2. The van der Waals surface area contributed by atoms with Crippen LogP contribution in [0.4, 0.5) is 0 Å². The van der Waals surface area contributed by atoms with Gasteiger partial charge in [-0.05, 0) is 19.1 Å². The SMILES string of the molecule is C[C@H]1OCCN[C@@H]1C(=O)N1CCN(C(=O)c2ccccn2)CC1.Cl. The molecule has 1 N–H and O–H groups in total. The van der Waals surface area contributed by atoms with Crippen LogP contribution in [-0.4, -0.2) is 78.1 Å². The minimum absolute atomic E-state index is 0. The maximum absolute atomic E-state index is 12.6. The average Bonchev–Trinajstić information content (AvgIpc) is 2.62. The molecular weight excluding hydrogens is 332 g/mol. The van der Waals surface area contributed by atoms with Crippen LogP contribution < -0.4 is 5.32 Å². The van der Waals surface area contributed by atoms with E-state index in [4.69, 9.17) is 4.74 Å². The Labute approximate surface area is 147 Å². The van der Waals surface area contributed by atoms with Crippen molar-refractivity contribution in [2.45, 2.75) is 19.1 Å². The Kier molecular flexibility index (Phi) is 6.53. The lowest BCUT2D eigenvalue weighted by Crippen LogP contribution is -2.60. The summed E-state index contributed by atoms with van der Waals surface area (Å²) in [6.07, 6.45) is 1.49. The van der Waals surface area contributed by atoms with Crippen LogP contribution in [0.5, 0.6) is 0 Å². The smallest absolute Gasteiger partial charge is 0.272 e. The van der Waals surface area contributed by atoms with Gasteiger partial charge in [-0.15, -0.1) is 12.4 Å². The van der Waals surface area contributed by atoms with Crippen molar-refractivity contribution in [2.75, 3.05) is 39.3 Å². The van der Waals surface area contributed by atoms with Gasteiger partial charge in [-0.25, -0.2) is 0 Å². The number of piperazine rings is 1. The van der Waals surface area contributed by atoms with Crippen LogP contribution in [0.25, 0.3) is 0 Å². The summed E-state index contributed by atoms with van der Waals surface area (Å²) >= 11 is 0. The molecule has 0 aromatic carbocycles. The average molecular weight is 355 g/mol. The number of amides is 2. The lowest BCUT2D eigenvalue weighted by atomic mass is 10.1. The third-order valence-electron chi connectivity index (χ3n) is 4.35. The second-order valence-corrected chi connectivity index (χ2v) is 5.84. The number of pyridine rings is 1. The number of rotatable bonds is 2. The van der Waals surface area contributed by atoms with E-state index in [1.54, 1.807) is 29.3 Å². The largest absolute Gasteiger partial charge is 0.375 e. The van der Waals surface area contributed by atoms with Gasteiger partial charge in [0, 0.05) is 38.9 Å². The number of ether oxygens (including phenoxy) is 1. The number of hydrogen-bond donors (Lipinski definition) is 1. The van der Waals surface area contributed by atoms with Crippen LogP contribution in [0.15, 0.2) is 24.4 Å². The summed E-state index contributed by atoms with van der Waals surface area (Å²) in [7, 11) is 0. The van der Waals surface area contributed by atoms with Crippen molar-refractivity contribution in [3.8, 4) is 0 Å². The highest BCUT2D eigenvalue weighted by molar-refractivity contribution is 5.92. The van der Waals surface area contributed by atoms with E-state index in [2.05, 4.69) is 10.3 Å². The van der Waals surface area contributed by atoms with Crippen LogP contribution in [0, 0.1) is 0 Å².